The van der Waals surface area contributed by atoms with Crippen LogP contribution in [0, 0.1) is 11.7 Å². The smallest absolute Gasteiger partial charge is 0.345 e. The minimum Gasteiger partial charge on any atom is -0.477 e. The van der Waals surface area contributed by atoms with Crippen LogP contribution in [-0.2, 0) is 11.3 Å². The highest BCUT2D eigenvalue weighted by atomic mass is 32.1. The summed E-state index contributed by atoms with van der Waals surface area (Å²) in [6, 6.07) is 7.39. The predicted molar refractivity (Wildman–Crippen MR) is 95.6 cm³/mol. The van der Waals surface area contributed by atoms with E-state index in [4.69, 9.17) is 5.11 Å². The highest BCUT2D eigenvalue weighted by molar-refractivity contribution is 7.13. The van der Waals surface area contributed by atoms with Crippen molar-refractivity contribution in [3.05, 3.63) is 57.5 Å². The summed E-state index contributed by atoms with van der Waals surface area (Å²) in [6.07, 6.45) is 0. The molecule has 0 spiro atoms. The van der Waals surface area contributed by atoms with E-state index in [0.29, 0.717) is 4.88 Å². The summed E-state index contributed by atoms with van der Waals surface area (Å²) in [5.74, 6) is -2.48. The third-order valence-electron chi connectivity index (χ3n) is 3.65. The van der Waals surface area contributed by atoms with Gasteiger partial charge in [-0.05, 0) is 42.3 Å². The zero-order valence-electron chi connectivity index (χ0n) is 14.3. The normalized spacial score (nSPS) is 11.8. The summed E-state index contributed by atoms with van der Waals surface area (Å²) in [5, 5.41) is 14.3. The lowest BCUT2D eigenvalue weighted by molar-refractivity contribution is -0.124. The SMILES string of the molecule is CC(C)C(NC(=O)c1ccc(F)cc1)C(=O)NCc1ccc(C(=O)O)s1. The van der Waals surface area contributed by atoms with Crippen LogP contribution < -0.4 is 10.6 Å². The molecule has 0 aliphatic rings. The van der Waals surface area contributed by atoms with Crippen LogP contribution in [-0.4, -0.2) is 28.9 Å². The van der Waals surface area contributed by atoms with Crippen molar-refractivity contribution in [1.29, 1.82) is 0 Å². The molecular formula is C18H19FN2O4S. The third-order valence-corrected chi connectivity index (χ3v) is 4.72. The van der Waals surface area contributed by atoms with Crippen molar-refractivity contribution in [3.63, 3.8) is 0 Å². The number of halogens is 1. The van der Waals surface area contributed by atoms with Gasteiger partial charge in [0.25, 0.3) is 5.91 Å². The fourth-order valence-corrected chi connectivity index (χ4v) is 3.02. The van der Waals surface area contributed by atoms with Gasteiger partial charge in [-0.2, -0.15) is 0 Å². The van der Waals surface area contributed by atoms with Crippen molar-refractivity contribution in [1.82, 2.24) is 10.6 Å². The van der Waals surface area contributed by atoms with Crippen LogP contribution in [0.4, 0.5) is 4.39 Å². The molecule has 1 aromatic carbocycles. The number of carbonyl (C=O) groups excluding carboxylic acids is 2. The number of hydrogen-bond donors (Lipinski definition) is 3. The van der Waals surface area contributed by atoms with Crippen molar-refractivity contribution < 1.29 is 23.9 Å². The van der Waals surface area contributed by atoms with Crippen LogP contribution in [0.15, 0.2) is 36.4 Å². The Morgan fingerprint density at radius 3 is 2.31 bits per heavy atom. The third kappa shape index (κ3) is 5.13. The molecule has 1 heterocycles. The molecule has 0 aliphatic carbocycles. The molecule has 0 fully saturated rings. The molecule has 8 heteroatoms. The molecule has 0 saturated carbocycles. The molecule has 0 saturated heterocycles. The molecular weight excluding hydrogens is 359 g/mol. The number of aromatic carboxylic acids is 1. The van der Waals surface area contributed by atoms with E-state index in [1.807, 2.05) is 0 Å². The molecule has 6 nitrogen and oxygen atoms in total. The molecule has 2 rings (SSSR count). The average molecular weight is 378 g/mol. The number of thiophene rings is 1. The molecule has 26 heavy (non-hydrogen) atoms. The van der Waals surface area contributed by atoms with Gasteiger partial charge in [0.2, 0.25) is 5.91 Å². The van der Waals surface area contributed by atoms with Crippen molar-refractivity contribution in [2.75, 3.05) is 0 Å². The number of amides is 2. The van der Waals surface area contributed by atoms with E-state index < -0.39 is 23.7 Å². The van der Waals surface area contributed by atoms with E-state index in [9.17, 15) is 18.8 Å². The van der Waals surface area contributed by atoms with E-state index in [2.05, 4.69) is 10.6 Å². The van der Waals surface area contributed by atoms with Gasteiger partial charge in [-0.25, -0.2) is 9.18 Å². The predicted octanol–water partition coefficient (Wildman–Crippen LogP) is 2.66. The zero-order chi connectivity index (χ0) is 19.3. The fourth-order valence-electron chi connectivity index (χ4n) is 2.23. The summed E-state index contributed by atoms with van der Waals surface area (Å²) in [4.78, 5) is 36.4. The maximum Gasteiger partial charge on any atom is 0.345 e. The van der Waals surface area contributed by atoms with E-state index in [-0.39, 0.29) is 28.8 Å². The first-order valence-electron chi connectivity index (χ1n) is 7.94. The van der Waals surface area contributed by atoms with Gasteiger partial charge in [-0.3, -0.25) is 9.59 Å². The molecule has 3 N–H and O–H groups in total. The number of hydrogen-bond acceptors (Lipinski definition) is 4. The molecule has 2 aromatic rings. The van der Waals surface area contributed by atoms with Gasteiger partial charge in [0.15, 0.2) is 0 Å². The molecule has 1 unspecified atom stereocenters. The molecule has 138 valence electrons. The average Bonchev–Trinajstić information content (AvgIpc) is 3.07. The van der Waals surface area contributed by atoms with Gasteiger partial charge in [0.05, 0.1) is 6.54 Å². The quantitative estimate of drug-likeness (QED) is 0.690. The minimum atomic E-state index is -1.01. The zero-order valence-corrected chi connectivity index (χ0v) is 15.1. The first-order chi connectivity index (χ1) is 12.3. The van der Waals surface area contributed by atoms with Crippen molar-refractivity contribution in [2.24, 2.45) is 5.92 Å². The van der Waals surface area contributed by atoms with Gasteiger partial charge >= 0.3 is 5.97 Å². The standard InChI is InChI=1S/C18H19FN2O4S/c1-10(2)15(21-16(22)11-3-5-12(19)6-4-11)17(23)20-9-13-7-8-14(26-13)18(24)25/h3-8,10,15H,9H2,1-2H3,(H,20,23)(H,21,22)(H,24,25). The van der Waals surface area contributed by atoms with E-state index in [1.54, 1.807) is 19.9 Å². The van der Waals surface area contributed by atoms with Crippen LogP contribution in [0.5, 0.6) is 0 Å². The molecule has 1 atom stereocenters. The van der Waals surface area contributed by atoms with Crippen LogP contribution in [0.2, 0.25) is 0 Å². The van der Waals surface area contributed by atoms with Crippen LogP contribution in [0.1, 0.15) is 38.8 Å². The van der Waals surface area contributed by atoms with Crippen molar-refractivity contribution in [2.45, 2.75) is 26.4 Å². The highest BCUT2D eigenvalue weighted by Gasteiger charge is 2.24. The van der Waals surface area contributed by atoms with Crippen molar-refractivity contribution >= 4 is 29.1 Å². The second kappa shape index (κ2) is 8.57. The highest BCUT2D eigenvalue weighted by Crippen LogP contribution is 2.16. The molecule has 0 aliphatic heterocycles. The number of rotatable bonds is 7. The maximum atomic E-state index is 13.0. The van der Waals surface area contributed by atoms with E-state index in [1.165, 1.54) is 30.3 Å². The van der Waals surface area contributed by atoms with Gasteiger partial charge in [-0.15, -0.1) is 11.3 Å². The Kier molecular flexibility index (Phi) is 6.46. The molecule has 0 radical (unpaired) electrons. The lowest BCUT2D eigenvalue weighted by Crippen LogP contribution is -2.49. The Balaban J connectivity index is 1.98. The van der Waals surface area contributed by atoms with Gasteiger partial charge in [0.1, 0.15) is 16.7 Å². The summed E-state index contributed by atoms with van der Waals surface area (Å²) in [5.41, 5.74) is 0.259. The second-order valence-electron chi connectivity index (χ2n) is 5.99. The lowest BCUT2D eigenvalue weighted by atomic mass is 10.0. The number of carboxylic acid groups (broad SMARTS) is 1. The summed E-state index contributed by atoms with van der Waals surface area (Å²) < 4.78 is 13.0. The summed E-state index contributed by atoms with van der Waals surface area (Å²) in [7, 11) is 0. The number of carbonyl (C=O) groups is 3. The summed E-state index contributed by atoms with van der Waals surface area (Å²) in [6.45, 7) is 3.76. The Labute approximate surface area is 154 Å². The van der Waals surface area contributed by atoms with E-state index in [0.717, 1.165) is 11.3 Å². The minimum absolute atomic E-state index is 0.169. The Morgan fingerprint density at radius 2 is 1.77 bits per heavy atom. The van der Waals surface area contributed by atoms with Crippen LogP contribution >= 0.6 is 11.3 Å². The molecule has 2 amide bonds. The number of nitrogens with one attached hydrogen (secondary N) is 2. The monoisotopic (exact) mass is 378 g/mol. The number of benzene rings is 1. The van der Waals surface area contributed by atoms with Crippen LogP contribution in [0.3, 0.4) is 0 Å². The van der Waals surface area contributed by atoms with Gasteiger partial charge in [0, 0.05) is 10.4 Å². The Morgan fingerprint density at radius 1 is 1.12 bits per heavy atom. The first-order valence-corrected chi connectivity index (χ1v) is 8.75. The summed E-state index contributed by atoms with van der Waals surface area (Å²) >= 11 is 1.08. The fraction of sp³-hybridized carbons (Fsp3) is 0.278. The Hall–Kier alpha value is -2.74. The molecule has 1 aromatic heterocycles. The molecule has 0 bridgehead atoms. The second-order valence-corrected chi connectivity index (χ2v) is 7.16. The topological polar surface area (TPSA) is 95.5 Å². The van der Waals surface area contributed by atoms with Crippen molar-refractivity contribution in [3.8, 4) is 0 Å². The Bertz CT molecular complexity index is 802. The van der Waals surface area contributed by atoms with Gasteiger partial charge < -0.3 is 15.7 Å². The maximum absolute atomic E-state index is 13.0. The van der Waals surface area contributed by atoms with E-state index >= 15 is 0 Å². The number of carboxylic acids is 1. The van der Waals surface area contributed by atoms with Crippen LogP contribution in [0.25, 0.3) is 0 Å². The largest absolute Gasteiger partial charge is 0.477 e. The lowest BCUT2D eigenvalue weighted by Gasteiger charge is -2.21. The first kappa shape index (κ1) is 19.6. The van der Waals surface area contributed by atoms with Gasteiger partial charge in [-0.1, -0.05) is 13.8 Å².